The van der Waals surface area contributed by atoms with Crippen LogP contribution in [0.5, 0.6) is 0 Å². The summed E-state index contributed by atoms with van der Waals surface area (Å²) in [6.07, 6.45) is 3.38. The molecule has 2 aliphatic rings. The van der Waals surface area contributed by atoms with Crippen molar-refractivity contribution in [2.24, 2.45) is 24.3 Å². The van der Waals surface area contributed by atoms with Crippen molar-refractivity contribution in [3.05, 3.63) is 12.2 Å². The third-order valence-corrected chi connectivity index (χ3v) is 4.94. The highest BCUT2D eigenvalue weighted by atomic mass is 16.4. The topological polar surface area (TPSA) is 88.3 Å². The van der Waals surface area contributed by atoms with Crippen LogP contribution in [0.2, 0.25) is 0 Å². The molecule has 21 heavy (non-hydrogen) atoms. The van der Waals surface area contributed by atoms with Gasteiger partial charge in [0.25, 0.3) is 0 Å². The average molecular weight is 292 g/mol. The van der Waals surface area contributed by atoms with Gasteiger partial charge in [0.2, 0.25) is 5.91 Å². The molecule has 2 heterocycles. The normalized spacial score (nSPS) is 30.4. The van der Waals surface area contributed by atoms with Gasteiger partial charge in [0, 0.05) is 13.6 Å². The Balaban J connectivity index is 1.82. The summed E-state index contributed by atoms with van der Waals surface area (Å²) >= 11 is 0. The van der Waals surface area contributed by atoms with E-state index in [-0.39, 0.29) is 11.9 Å². The summed E-state index contributed by atoms with van der Waals surface area (Å²) in [5.74, 6) is -1.17. The Hall–Kier alpha value is -1.92. The molecule has 1 unspecified atom stereocenters. The zero-order valence-corrected chi connectivity index (χ0v) is 12.5. The number of rotatable bonds is 3. The molecule has 1 amide bonds. The van der Waals surface area contributed by atoms with Crippen LogP contribution >= 0.6 is 0 Å². The SMILES string of the molecule is Cn1cnnc1C1CCCN1C(=O)[C@@H]1[C@H](C(=O)O)C1(C)C. The molecule has 3 atom stereocenters. The first-order valence-corrected chi connectivity index (χ1v) is 7.23. The van der Waals surface area contributed by atoms with Crippen LogP contribution in [0.15, 0.2) is 6.33 Å². The molecule has 0 spiro atoms. The van der Waals surface area contributed by atoms with Gasteiger partial charge in [-0.05, 0) is 18.3 Å². The van der Waals surface area contributed by atoms with Crippen LogP contribution in [0.3, 0.4) is 0 Å². The van der Waals surface area contributed by atoms with Crippen molar-refractivity contribution in [1.82, 2.24) is 19.7 Å². The van der Waals surface area contributed by atoms with Crippen LogP contribution in [0.25, 0.3) is 0 Å². The van der Waals surface area contributed by atoms with Crippen LogP contribution in [-0.4, -0.2) is 43.2 Å². The summed E-state index contributed by atoms with van der Waals surface area (Å²) in [6.45, 7) is 4.36. The summed E-state index contributed by atoms with van der Waals surface area (Å²) in [5, 5.41) is 17.2. The van der Waals surface area contributed by atoms with Crippen molar-refractivity contribution < 1.29 is 14.7 Å². The summed E-state index contributed by atoms with van der Waals surface area (Å²) in [4.78, 5) is 25.8. The van der Waals surface area contributed by atoms with Crippen LogP contribution < -0.4 is 0 Å². The van der Waals surface area contributed by atoms with Crippen LogP contribution in [0, 0.1) is 17.3 Å². The smallest absolute Gasteiger partial charge is 0.307 e. The molecule has 1 saturated heterocycles. The molecule has 1 aromatic heterocycles. The van der Waals surface area contributed by atoms with Crippen LogP contribution in [0.4, 0.5) is 0 Å². The van der Waals surface area contributed by atoms with Gasteiger partial charge in [-0.25, -0.2) is 0 Å². The molecule has 0 aromatic carbocycles. The molecule has 7 heteroatoms. The lowest BCUT2D eigenvalue weighted by molar-refractivity contribution is -0.142. The Morgan fingerprint density at radius 1 is 1.38 bits per heavy atom. The van der Waals surface area contributed by atoms with Crippen molar-refractivity contribution in [3.8, 4) is 0 Å². The maximum absolute atomic E-state index is 12.8. The quantitative estimate of drug-likeness (QED) is 0.891. The van der Waals surface area contributed by atoms with E-state index in [0.29, 0.717) is 6.54 Å². The second-order valence-corrected chi connectivity index (χ2v) is 6.60. The number of aliphatic carboxylic acids is 1. The zero-order chi connectivity index (χ0) is 15.4. The number of carboxylic acid groups (broad SMARTS) is 1. The number of hydrogen-bond donors (Lipinski definition) is 1. The lowest BCUT2D eigenvalue weighted by Gasteiger charge is -2.24. The molecular weight excluding hydrogens is 272 g/mol. The fourth-order valence-electron chi connectivity index (χ4n) is 3.63. The number of carbonyl (C=O) groups is 2. The maximum Gasteiger partial charge on any atom is 0.307 e. The maximum atomic E-state index is 12.8. The van der Waals surface area contributed by atoms with Gasteiger partial charge in [-0.3, -0.25) is 9.59 Å². The van der Waals surface area contributed by atoms with Gasteiger partial charge in [-0.15, -0.1) is 10.2 Å². The highest BCUT2D eigenvalue weighted by molar-refractivity contribution is 5.92. The van der Waals surface area contributed by atoms with Crippen LogP contribution in [0.1, 0.15) is 38.6 Å². The largest absolute Gasteiger partial charge is 0.481 e. The van der Waals surface area contributed by atoms with Gasteiger partial charge in [0.15, 0.2) is 5.82 Å². The molecule has 114 valence electrons. The number of aromatic nitrogens is 3. The van der Waals surface area contributed by atoms with Crippen molar-refractivity contribution in [2.45, 2.75) is 32.7 Å². The van der Waals surface area contributed by atoms with Gasteiger partial charge in [-0.2, -0.15) is 0 Å². The summed E-state index contributed by atoms with van der Waals surface area (Å²) < 4.78 is 1.82. The fraction of sp³-hybridized carbons (Fsp3) is 0.714. The number of hydrogen-bond acceptors (Lipinski definition) is 4. The highest BCUT2D eigenvalue weighted by Crippen LogP contribution is 2.59. The van der Waals surface area contributed by atoms with Crippen LogP contribution in [-0.2, 0) is 16.6 Å². The number of likely N-dealkylation sites (tertiary alicyclic amines) is 1. The van der Waals surface area contributed by atoms with Gasteiger partial charge < -0.3 is 14.6 Å². The minimum absolute atomic E-state index is 0.0575. The van der Waals surface area contributed by atoms with E-state index in [1.54, 1.807) is 11.2 Å². The lowest BCUT2D eigenvalue weighted by atomic mass is 10.1. The standard InChI is InChI=1S/C14H20N4O3/c1-14(2)9(10(14)13(20)21)12(19)18-6-4-5-8(18)11-16-15-7-17(11)3/h7-10H,4-6H2,1-3H3,(H,20,21)/t8?,9-,10+/m0/s1. The Labute approximate surface area is 123 Å². The Kier molecular flexibility index (Phi) is 3.04. The number of amides is 1. The minimum atomic E-state index is -0.882. The van der Waals surface area contributed by atoms with E-state index < -0.39 is 23.2 Å². The first-order valence-electron chi connectivity index (χ1n) is 7.23. The highest BCUT2D eigenvalue weighted by Gasteiger charge is 2.67. The van der Waals surface area contributed by atoms with E-state index in [1.807, 2.05) is 25.5 Å². The average Bonchev–Trinajstić information content (AvgIpc) is 2.78. The van der Waals surface area contributed by atoms with E-state index in [1.165, 1.54) is 0 Å². The molecule has 1 saturated carbocycles. The predicted molar refractivity (Wildman–Crippen MR) is 73.1 cm³/mol. The fourth-order valence-corrected chi connectivity index (χ4v) is 3.63. The molecule has 2 fully saturated rings. The lowest BCUT2D eigenvalue weighted by Crippen LogP contribution is -2.34. The molecule has 1 aliphatic heterocycles. The van der Waals surface area contributed by atoms with Crippen molar-refractivity contribution in [3.63, 3.8) is 0 Å². The van der Waals surface area contributed by atoms with E-state index >= 15 is 0 Å². The number of aryl methyl sites for hydroxylation is 1. The molecule has 1 N–H and O–H groups in total. The van der Waals surface area contributed by atoms with E-state index in [2.05, 4.69) is 10.2 Å². The predicted octanol–water partition coefficient (Wildman–Crippen LogP) is 0.835. The van der Waals surface area contributed by atoms with E-state index in [9.17, 15) is 14.7 Å². The van der Waals surface area contributed by atoms with Gasteiger partial charge in [-0.1, -0.05) is 13.8 Å². The third-order valence-electron chi connectivity index (χ3n) is 4.94. The molecule has 3 rings (SSSR count). The molecule has 0 radical (unpaired) electrons. The molecular formula is C14H20N4O3. The molecule has 1 aliphatic carbocycles. The first-order chi connectivity index (χ1) is 9.85. The van der Waals surface area contributed by atoms with E-state index in [0.717, 1.165) is 18.7 Å². The Morgan fingerprint density at radius 3 is 2.62 bits per heavy atom. The number of nitrogens with zero attached hydrogens (tertiary/aromatic N) is 4. The Bertz CT molecular complexity index is 595. The monoisotopic (exact) mass is 292 g/mol. The minimum Gasteiger partial charge on any atom is -0.481 e. The molecule has 1 aromatic rings. The summed E-state index contributed by atoms with van der Waals surface area (Å²) in [7, 11) is 1.86. The van der Waals surface area contributed by atoms with Gasteiger partial charge >= 0.3 is 5.97 Å². The van der Waals surface area contributed by atoms with E-state index in [4.69, 9.17) is 0 Å². The molecule has 0 bridgehead atoms. The first kappa shape index (κ1) is 14.0. The summed E-state index contributed by atoms with van der Waals surface area (Å²) in [5.41, 5.74) is -0.462. The molecule has 7 nitrogen and oxygen atoms in total. The van der Waals surface area contributed by atoms with Crippen molar-refractivity contribution in [2.75, 3.05) is 6.54 Å². The second-order valence-electron chi connectivity index (χ2n) is 6.60. The van der Waals surface area contributed by atoms with Crippen molar-refractivity contribution >= 4 is 11.9 Å². The number of carboxylic acids is 1. The zero-order valence-electron chi connectivity index (χ0n) is 12.5. The van der Waals surface area contributed by atoms with Gasteiger partial charge in [0.1, 0.15) is 6.33 Å². The summed E-state index contributed by atoms with van der Waals surface area (Å²) in [6, 6.07) is -0.0872. The van der Waals surface area contributed by atoms with Gasteiger partial charge in [0.05, 0.1) is 17.9 Å². The second kappa shape index (κ2) is 4.54. The Morgan fingerprint density at radius 2 is 2.10 bits per heavy atom. The third kappa shape index (κ3) is 2.02. The number of carbonyl (C=O) groups excluding carboxylic acids is 1. The van der Waals surface area contributed by atoms with Crippen molar-refractivity contribution in [1.29, 1.82) is 0 Å².